The molecule has 1 aromatic heterocycles. The van der Waals surface area contributed by atoms with Gasteiger partial charge in [0.2, 0.25) is 0 Å². The summed E-state index contributed by atoms with van der Waals surface area (Å²) in [5.74, 6) is 0. The van der Waals surface area contributed by atoms with Gasteiger partial charge in [-0.25, -0.2) is 0 Å². The number of rotatable bonds is 4. The van der Waals surface area contributed by atoms with Crippen LogP contribution in [0.15, 0.2) is 23.1 Å². The minimum atomic E-state index is 0.0911. The van der Waals surface area contributed by atoms with Crippen LogP contribution in [0, 0.1) is 0 Å². The first kappa shape index (κ1) is 17.3. The van der Waals surface area contributed by atoms with Gasteiger partial charge in [0.05, 0.1) is 0 Å². The van der Waals surface area contributed by atoms with E-state index in [1.807, 2.05) is 6.20 Å². The van der Waals surface area contributed by atoms with Gasteiger partial charge in [-0.15, -0.1) is 0 Å². The molecule has 0 atom stereocenters. The van der Waals surface area contributed by atoms with Crippen LogP contribution >= 0.6 is 0 Å². The van der Waals surface area contributed by atoms with E-state index in [9.17, 15) is 4.79 Å². The third-order valence-corrected chi connectivity index (χ3v) is 6.47. The Balaban J connectivity index is 1.21. The van der Waals surface area contributed by atoms with Gasteiger partial charge in [-0.2, -0.15) is 0 Å². The van der Waals surface area contributed by atoms with Crippen LogP contribution in [0.1, 0.15) is 37.7 Å². The number of aryl methyl sites for hydroxylation is 1. The first-order valence-electron chi connectivity index (χ1n) is 10.0. The summed E-state index contributed by atoms with van der Waals surface area (Å²) < 4.78 is 1.63. The third kappa shape index (κ3) is 3.99. The molecule has 1 saturated carbocycles. The fraction of sp³-hybridized carbons (Fsp3) is 0.750. The number of piperazine rings is 1. The van der Waals surface area contributed by atoms with E-state index in [2.05, 4.69) is 20.8 Å². The van der Waals surface area contributed by atoms with E-state index < -0.39 is 0 Å². The molecule has 1 aliphatic carbocycles. The maximum absolute atomic E-state index is 11.7. The maximum atomic E-state index is 11.7. The molecule has 3 heterocycles. The zero-order valence-electron chi connectivity index (χ0n) is 15.6. The molecule has 0 amide bonds. The fourth-order valence-corrected chi connectivity index (χ4v) is 4.76. The second kappa shape index (κ2) is 7.60. The first-order valence-corrected chi connectivity index (χ1v) is 10.0. The molecule has 3 fully saturated rings. The van der Waals surface area contributed by atoms with E-state index in [4.69, 9.17) is 0 Å². The Labute approximate surface area is 151 Å². The predicted molar refractivity (Wildman–Crippen MR) is 101 cm³/mol. The zero-order valence-corrected chi connectivity index (χ0v) is 15.6. The molecule has 0 spiro atoms. The van der Waals surface area contributed by atoms with Gasteiger partial charge in [0, 0.05) is 77.2 Å². The van der Waals surface area contributed by atoms with Crippen molar-refractivity contribution in [1.82, 2.24) is 19.3 Å². The lowest BCUT2D eigenvalue weighted by atomic mass is 9.93. The Morgan fingerprint density at radius 2 is 1.60 bits per heavy atom. The summed E-state index contributed by atoms with van der Waals surface area (Å²) in [5, 5.41) is 0. The van der Waals surface area contributed by atoms with E-state index in [1.165, 1.54) is 58.3 Å². The second-order valence-corrected chi connectivity index (χ2v) is 8.20. The molecule has 2 aliphatic heterocycles. The molecule has 3 aliphatic rings. The molecule has 1 aromatic rings. The normalized spacial score (nSPS) is 25.2. The van der Waals surface area contributed by atoms with Gasteiger partial charge in [-0.1, -0.05) is 19.3 Å². The van der Waals surface area contributed by atoms with Crippen LogP contribution < -0.4 is 5.56 Å². The van der Waals surface area contributed by atoms with E-state index >= 15 is 0 Å². The molecule has 0 bridgehead atoms. The Morgan fingerprint density at radius 1 is 0.960 bits per heavy atom. The summed E-state index contributed by atoms with van der Waals surface area (Å²) in [6.07, 6.45) is 9.04. The van der Waals surface area contributed by atoms with Crippen molar-refractivity contribution in [2.24, 2.45) is 7.05 Å². The van der Waals surface area contributed by atoms with E-state index in [1.54, 1.807) is 17.7 Å². The molecular weight excluding hydrogens is 312 g/mol. The summed E-state index contributed by atoms with van der Waals surface area (Å²) in [6, 6.07) is 5.43. The van der Waals surface area contributed by atoms with Gasteiger partial charge in [-0.05, 0) is 24.5 Å². The highest BCUT2D eigenvalue weighted by molar-refractivity contribution is 5.11. The molecular formula is C20H32N4O. The SMILES string of the molecule is Cn1ccc(CN2CC(N3CCN(C4CCCCC4)CC3)C2)cc1=O. The van der Waals surface area contributed by atoms with Crippen LogP contribution in [0.25, 0.3) is 0 Å². The summed E-state index contributed by atoms with van der Waals surface area (Å²) in [7, 11) is 1.80. The molecule has 0 unspecified atom stereocenters. The fourth-order valence-electron chi connectivity index (χ4n) is 4.76. The van der Waals surface area contributed by atoms with Gasteiger partial charge < -0.3 is 4.57 Å². The highest BCUT2D eigenvalue weighted by Crippen LogP contribution is 2.25. The molecule has 0 aromatic carbocycles. The van der Waals surface area contributed by atoms with Crippen molar-refractivity contribution in [2.75, 3.05) is 39.3 Å². The Morgan fingerprint density at radius 3 is 2.24 bits per heavy atom. The molecule has 25 heavy (non-hydrogen) atoms. The van der Waals surface area contributed by atoms with Crippen molar-refractivity contribution in [3.05, 3.63) is 34.2 Å². The zero-order chi connectivity index (χ0) is 17.2. The molecule has 0 radical (unpaired) electrons. The first-order chi connectivity index (χ1) is 12.2. The second-order valence-electron chi connectivity index (χ2n) is 8.20. The Bertz CT molecular complexity index is 623. The minimum absolute atomic E-state index is 0.0911. The minimum Gasteiger partial charge on any atom is -0.319 e. The molecule has 2 saturated heterocycles. The number of nitrogens with zero attached hydrogens (tertiary/aromatic N) is 4. The highest BCUT2D eigenvalue weighted by Gasteiger charge is 2.34. The van der Waals surface area contributed by atoms with Crippen LogP contribution in [0.4, 0.5) is 0 Å². The Hall–Kier alpha value is -1.17. The average molecular weight is 345 g/mol. The largest absolute Gasteiger partial charge is 0.319 e. The smallest absolute Gasteiger partial charge is 0.250 e. The lowest BCUT2D eigenvalue weighted by Crippen LogP contribution is -2.63. The third-order valence-electron chi connectivity index (χ3n) is 6.47. The van der Waals surface area contributed by atoms with Crippen LogP contribution in [-0.2, 0) is 13.6 Å². The number of aromatic nitrogens is 1. The average Bonchev–Trinajstić information content (AvgIpc) is 2.62. The quantitative estimate of drug-likeness (QED) is 0.829. The lowest BCUT2D eigenvalue weighted by molar-refractivity contribution is -0.0104. The van der Waals surface area contributed by atoms with Crippen LogP contribution in [0.2, 0.25) is 0 Å². The summed E-state index contributed by atoms with van der Waals surface area (Å²) in [4.78, 5) is 19.6. The summed E-state index contributed by atoms with van der Waals surface area (Å²) >= 11 is 0. The van der Waals surface area contributed by atoms with Gasteiger partial charge in [0.1, 0.15) is 0 Å². The van der Waals surface area contributed by atoms with E-state index in [-0.39, 0.29) is 5.56 Å². The summed E-state index contributed by atoms with van der Waals surface area (Å²) in [5.41, 5.74) is 1.23. The predicted octanol–water partition coefficient (Wildman–Crippen LogP) is 1.52. The van der Waals surface area contributed by atoms with Gasteiger partial charge >= 0.3 is 0 Å². The van der Waals surface area contributed by atoms with Crippen LogP contribution in [-0.4, -0.2) is 70.6 Å². The summed E-state index contributed by atoms with van der Waals surface area (Å²) in [6.45, 7) is 8.21. The standard InChI is InChI=1S/C20H32N4O/c1-21-8-7-17(13-20(21)25)14-22-15-19(16-22)24-11-9-23(10-12-24)18-5-3-2-4-6-18/h7-8,13,18-19H,2-6,9-12,14-16H2,1H3. The lowest BCUT2D eigenvalue weighted by Gasteiger charge is -2.49. The van der Waals surface area contributed by atoms with E-state index in [0.717, 1.165) is 37.3 Å². The van der Waals surface area contributed by atoms with E-state index in [0.29, 0.717) is 0 Å². The van der Waals surface area contributed by atoms with Crippen molar-refractivity contribution >= 4 is 0 Å². The Kier molecular flexibility index (Phi) is 5.25. The maximum Gasteiger partial charge on any atom is 0.250 e. The monoisotopic (exact) mass is 344 g/mol. The number of likely N-dealkylation sites (tertiary alicyclic amines) is 1. The van der Waals surface area contributed by atoms with Crippen molar-refractivity contribution in [3.8, 4) is 0 Å². The number of hydrogen-bond donors (Lipinski definition) is 0. The topological polar surface area (TPSA) is 31.7 Å². The molecule has 138 valence electrons. The molecule has 5 heteroatoms. The molecule has 0 N–H and O–H groups in total. The number of pyridine rings is 1. The van der Waals surface area contributed by atoms with Crippen LogP contribution in [0.5, 0.6) is 0 Å². The van der Waals surface area contributed by atoms with Crippen molar-refractivity contribution in [2.45, 2.75) is 50.7 Å². The van der Waals surface area contributed by atoms with Gasteiger partial charge in [-0.3, -0.25) is 19.5 Å². The van der Waals surface area contributed by atoms with Crippen molar-refractivity contribution in [1.29, 1.82) is 0 Å². The van der Waals surface area contributed by atoms with Crippen molar-refractivity contribution < 1.29 is 0 Å². The van der Waals surface area contributed by atoms with Gasteiger partial charge in [0.25, 0.3) is 5.56 Å². The van der Waals surface area contributed by atoms with Crippen molar-refractivity contribution in [3.63, 3.8) is 0 Å². The molecule has 5 nitrogen and oxygen atoms in total. The highest BCUT2D eigenvalue weighted by atomic mass is 16.1. The number of hydrogen-bond acceptors (Lipinski definition) is 4. The molecule has 4 rings (SSSR count). The van der Waals surface area contributed by atoms with Crippen LogP contribution in [0.3, 0.4) is 0 Å². The van der Waals surface area contributed by atoms with Gasteiger partial charge in [0.15, 0.2) is 0 Å².